The summed E-state index contributed by atoms with van der Waals surface area (Å²) in [5.41, 5.74) is 0. The predicted molar refractivity (Wildman–Crippen MR) is 49.3 cm³/mol. The van der Waals surface area contributed by atoms with Gasteiger partial charge in [0, 0.05) is 16.5 Å². The first-order valence-electron chi connectivity index (χ1n) is 3.68. The van der Waals surface area contributed by atoms with E-state index in [1.807, 2.05) is 12.2 Å². The first kappa shape index (κ1) is 9.66. The zero-order valence-corrected chi connectivity index (χ0v) is 8.68. The van der Waals surface area contributed by atoms with Crippen molar-refractivity contribution in [2.75, 3.05) is 6.23 Å². The Hall–Kier alpha value is -0.343. The van der Waals surface area contributed by atoms with E-state index in [2.05, 4.69) is 13.2 Å². The van der Waals surface area contributed by atoms with Gasteiger partial charge in [-0.15, -0.1) is 13.2 Å². The number of ether oxygens (including phenoxy) is 1. The molecular formula is C8H16OSi. The lowest BCUT2D eigenvalue weighted by atomic mass is 10.2. The summed E-state index contributed by atoms with van der Waals surface area (Å²) in [5.74, 6) is 0. The van der Waals surface area contributed by atoms with Crippen LogP contribution < -0.4 is 0 Å². The topological polar surface area (TPSA) is 9.23 Å². The number of rotatable bonds is 6. The van der Waals surface area contributed by atoms with Crippen LogP contribution in [0.3, 0.4) is 0 Å². The van der Waals surface area contributed by atoms with Gasteiger partial charge in [0.25, 0.3) is 0 Å². The fourth-order valence-corrected chi connectivity index (χ4v) is 1.31. The molecule has 0 radical (unpaired) electrons. The first-order valence-corrected chi connectivity index (χ1v) is 5.10. The van der Waals surface area contributed by atoms with Gasteiger partial charge in [0.05, 0.1) is 6.10 Å². The van der Waals surface area contributed by atoms with Crippen molar-refractivity contribution in [3.63, 3.8) is 0 Å². The van der Waals surface area contributed by atoms with E-state index in [4.69, 9.17) is 4.74 Å². The third kappa shape index (κ3) is 4.53. The Labute approximate surface area is 66.2 Å². The Morgan fingerprint density at radius 1 is 1.30 bits per heavy atom. The first-order chi connectivity index (χ1) is 4.85. The summed E-state index contributed by atoms with van der Waals surface area (Å²) in [6.45, 7) is 7.32. The summed E-state index contributed by atoms with van der Waals surface area (Å²) in [5, 5.41) is 0. The van der Waals surface area contributed by atoms with Crippen LogP contribution in [0.5, 0.6) is 0 Å². The fraction of sp³-hybridized carbons (Fsp3) is 0.500. The Kier molecular flexibility index (Phi) is 6.54. The highest BCUT2D eigenvalue weighted by molar-refractivity contribution is 6.08. The van der Waals surface area contributed by atoms with E-state index < -0.39 is 0 Å². The normalized spacial score (nSPS) is 10.1. The van der Waals surface area contributed by atoms with Gasteiger partial charge in [0.1, 0.15) is 0 Å². The van der Waals surface area contributed by atoms with Crippen LogP contribution >= 0.6 is 0 Å². The molecule has 0 atom stereocenters. The van der Waals surface area contributed by atoms with Gasteiger partial charge in [-0.3, -0.25) is 0 Å². The molecule has 0 aromatic carbocycles. The van der Waals surface area contributed by atoms with Crippen LogP contribution in [0, 0.1) is 0 Å². The molecule has 10 heavy (non-hydrogen) atoms. The van der Waals surface area contributed by atoms with Crippen LogP contribution in [-0.4, -0.2) is 22.6 Å². The van der Waals surface area contributed by atoms with Gasteiger partial charge in [0.2, 0.25) is 0 Å². The van der Waals surface area contributed by atoms with Crippen molar-refractivity contribution in [2.24, 2.45) is 0 Å². The molecule has 0 aromatic heterocycles. The molecule has 0 rings (SSSR count). The van der Waals surface area contributed by atoms with Crippen molar-refractivity contribution in [2.45, 2.75) is 18.9 Å². The number of hydrogen-bond donors (Lipinski definition) is 0. The molecule has 1 nitrogen and oxygen atoms in total. The van der Waals surface area contributed by atoms with Gasteiger partial charge < -0.3 is 4.74 Å². The fourth-order valence-electron chi connectivity index (χ4n) is 0.840. The summed E-state index contributed by atoms with van der Waals surface area (Å²) in [4.78, 5) is 0. The average molecular weight is 156 g/mol. The Bertz CT molecular complexity index is 91.4. The zero-order valence-electron chi connectivity index (χ0n) is 6.68. The SMILES string of the molecule is C=CCC(CC=C)OC[SiH3]. The van der Waals surface area contributed by atoms with Gasteiger partial charge >= 0.3 is 0 Å². The van der Waals surface area contributed by atoms with E-state index in [9.17, 15) is 0 Å². The smallest absolute Gasteiger partial charge is 0.0639 e. The standard InChI is InChI=1S/C8H16OSi/c1-3-5-8(6-4-2)9-7-10/h3-4,8H,1-2,5-7H2,10H3. The second-order valence-electron chi connectivity index (χ2n) is 2.13. The molecule has 0 spiro atoms. The Morgan fingerprint density at radius 2 is 1.80 bits per heavy atom. The molecule has 58 valence electrons. The van der Waals surface area contributed by atoms with Crippen LogP contribution in [0.1, 0.15) is 12.8 Å². The largest absolute Gasteiger partial charge is 0.382 e. The van der Waals surface area contributed by atoms with E-state index >= 15 is 0 Å². The minimum atomic E-state index is 0.326. The Morgan fingerprint density at radius 3 is 2.10 bits per heavy atom. The molecule has 0 aromatic rings. The maximum atomic E-state index is 5.44. The van der Waals surface area contributed by atoms with Crippen LogP contribution in [0.2, 0.25) is 0 Å². The van der Waals surface area contributed by atoms with E-state index in [1.54, 1.807) is 0 Å². The van der Waals surface area contributed by atoms with E-state index in [0.717, 1.165) is 29.3 Å². The van der Waals surface area contributed by atoms with Gasteiger partial charge in [-0.1, -0.05) is 12.2 Å². The molecule has 0 amide bonds. The Balaban J connectivity index is 3.48. The maximum absolute atomic E-state index is 5.44. The maximum Gasteiger partial charge on any atom is 0.0639 e. The van der Waals surface area contributed by atoms with Crippen LogP contribution in [0.15, 0.2) is 25.3 Å². The van der Waals surface area contributed by atoms with Crippen LogP contribution in [0.25, 0.3) is 0 Å². The second-order valence-corrected chi connectivity index (χ2v) is 2.70. The predicted octanol–water partition coefficient (Wildman–Crippen LogP) is 0.847. The van der Waals surface area contributed by atoms with Crippen molar-refractivity contribution in [1.29, 1.82) is 0 Å². The molecule has 0 unspecified atom stereocenters. The molecular weight excluding hydrogens is 140 g/mol. The molecule has 0 N–H and O–H groups in total. The average Bonchev–Trinajstić information content (AvgIpc) is 1.90. The second kappa shape index (κ2) is 6.77. The van der Waals surface area contributed by atoms with Gasteiger partial charge in [-0.25, -0.2) is 0 Å². The lowest BCUT2D eigenvalue weighted by molar-refractivity contribution is 0.0919. The quantitative estimate of drug-likeness (QED) is 0.409. The summed E-state index contributed by atoms with van der Waals surface area (Å²) in [6.07, 6.45) is 6.90. The summed E-state index contributed by atoms with van der Waals surface area (Å²) >= 11 is 0. The summed E-state index contributed by atoms with van der Waals surface area (Å²) < 4.78 is 5.44. The molecule has 0 bridgehead atoms. The molecule has 0 heterocycles. The lowest BCUT2D eigenvalue weighted by Crippen LogP contribution is -2.11. The highest BCUT2D eigenvalue weighted by Crippen LogP contribution is 2.03. The van der Waals surface area contributed by atoms with Crippen molar-refractivity contribution in [3.05, 3.63) is 25.3 Å². The molecule has 2 heteroatoms. The minimum absolute atomic E-state index is 0.326. The van der Waals surface area contributed by atoms with Crippen LogP contribution in [0.4, 0.5) is 0 Å². The monoisotopic (exact) mass is 156 g/mol. The highest BCUT2D eigenvalue weighted by atomic mass is 28.1. The van der Waals surface area contributed by atoms with Crippen molar-refractivity contribution in [3.8, 4) is 0 Å². The molecule has 0 saturated heterocycles. The third-order valence-electron chi connectivity index (χ3n) is 1.26. The summed E-state index contributed by atoms with van der Waals surface area (Å²) in [7, 11) is 1.11. The number of hydrogen-bond acceptors (Lipinski definition) is 1. The third-order valence-corrected chi connectivity index (χ3v) is 1.59. The van der Waals surface area contributed by atoms with Gasteiger partial charge in [-0.05, 0) is 12.8 Å². The lowest BCUT2D eigenvalue weighted by Gasteiger charge is -2.11. The van der Waals surface area contributed by atoms with Crippen molar-refractivity contribution >= 4 is 10.2 Å². The molecule has 0 aliphatic carbocycles. The van der Waals surface area contributed by atoms with E-state index in [1.165, 1.54) is 0 Å². The van der Waals surface area contributed by atoms with Gasteiger partial charge in [0.15, 0.2) is 0 Å². The van der Waals surface area contributed by atoms with Gasteiger partial charge in [-0.2, -0.15) is 0 Å². The minimum Gasteiger partial charge on any atom is -0.382 e. The van der Waals surface area contributed by atoms with E-state index in [0.29, 0.717) is 6.10 Å². The van der Waals surface area contributed by atoms with Crippen molar-refractivity contribution in [1.82, 2.24) is 0 Å². The van der Waals surface area contributed by atoms with E-state index in [-0.39, 0.29) is 0 Å². The van der Waals surface area contributed by atoms with Crippen molar-refractivity contribution < 1.29 is 4.74 Å². The molecule has 0 fully saturated rings. The molecule has 0 aliphatic heterocycles. The zero-order chi connectivity index (χ0) is 7.82. The molecule has 0 aliphatic rings. The molecule has 0 saturated carbocycles. The van der Waals surface area contributed by atoms with Crippen LogP contribution in [-0.2, 0) is 4.74 Å². The summed E-state index contributed by atoms with van der Waals surface area (Å²) in [6, 6.07) is 0. The highest BCUT2D eigenvalue weighted by Gasteiger charge is 2.01.